The molecule has 4 aliphatic carbocycles. The van der Waals surface area contributed by atoms with Crippen LogP contribution in [0.25, 0.3) is 0 Å². The minimum absolute atomic E-state index is 0.472. The van der Waals surface area contributed by atoms with Crippen molar-refractivity contribution in [2.45, 2.75) is 71.6 Å². The van der Waals surface area contributed by atoms with Crippen LogP contribution in [0.5, 0.6) is 5.75 Å². The van der Waals surface area contributed by atoms with Crippen LogP contribution in [0.2, 0.25) is 10.0 Å². The molecule has 166 valence electrons. The number of ether oxygens (including phenoxy) is 1. The number of hydrogen-bond donors (Lipinski definition) is 1. The molecule has 4 heteroatoms. The van der Waals surface area contributed by atoms with Crippen molar-refractivity contribution in [2.24, 2.45) is 23.2 Å². The highest BCUT2D eigenvalue weighted by atomic mass is 35.5. The third kappa shape index (κ3) is 4.49. The van der Waals surface area contributed by atoms with Gasteiger partial charge in [0.15, 0.2) is 0 Å². The highest BCUT2D eigenvalue weighted by Crippen LogP contribution is 2.61. The van der Waals surface area contributed by atoms with Crippen LogP contribution in [-0.2, 0) is 13.2 Å². The summed E-state index contributed by atoms with van der Waals surface area (Å²) in [5, 5.41) is 5.10. The van der Waals surface area contributed by atoms with E-state index in [0.29, 0.717) is 28.1 Å². The Morgan fingerprint density at radius 3 is 2.23 bits per heavy atom. The van der Waals surface area contributed by atoms with Gasteiger partial charge in [0.1, 0.15) is 12.4 Å². The van der Waals surface area contributed by atoms with Crippen molar-refractivity contribution in [3.8, 4) is 5.75 Å². The Morgan fingerprint density at radius 1 is 1.00 bits per heavy atom. The summed E-state index contributed by atoms with van der Waals surface area (Å²) in [6.07, 6.45) is 8.65. The molecule has 0 aromatic heterocycles. The van der Waals surface area contributed by atoms with Gasteiger partial charge in [0.25, 0.3) is 0 Å². The van der Waals surface area contributed by atoms with Crippen LogP contribution >= 0.6 is 23.2 Å². The zero-order chi connectivity index (χ0) is 21.6. The zero-order valence-electron chi connectivity index (χ0n) is 18.6. The average molecular weight is 458 g/mol. The van der Waals surface area contributed by atoms with E-state index in [1.165, 1.54) is 44.1 Å². The molecule has 1 N–H and O–H groups in total. The van der Waals surface area contributed by atoms with E-state index in [0.717, 1.165) is 41.2 Å². The maximum absolute atomic E-state index is 6.56. The highest BCUT2D eigenvalue weighted by molar-refractivity contribution is 6.35. The van der Waals surface area contributed by atoms with Gasteiger partial charge in [0.05, 0.1) is 5.02 Å². The second-order valence-corrected chi connectivity index (χ2v) is 11.4. The van der Waals surface area contributed by atoms with Crippen LogP contribution in [-0.4, -0.2) is 6.04 Å². The Kier molecular flexibility index (Phi) is 6.01. The first-order valence-corrected chi connectivity index (χ1v) is 12.6. The fourth-order valence-corrected chi connectivity index (χ4v) is 7.52. The van der Waals surface area contributed by atoms with Gasteiger partial charge in [-0.3, -0.25) is 0 Å². The first-order valence-electron chi connectivity index (χ1n) is 11.8. The van der Waals surface area contributed by atoms with Crippen LogP contribution in [0.15, 0.2) is 36.4 Å². The van der Waals surface area contributed by atoms with Crippen LogP contribution in [0.1, 0.15) is 62.1 Å². The number of halogens is 2. The van der Waals surface area contributed by atoms with Crippen molar-refractivity contribution < 1.29 is 4.74 Å². The van der Waals surface area contributed by atoms with E-state index in [9.17, 15) is 0 Å². The van der Waals surface area contributed by atoms with Gasteiger partial charge in [-0.25, -0.2) is 0 Å². The Hall–Kier alpha value is -1.22. The molecule has 4 bridgehead atoms. The molecule has 0 saturated heterocycles. The fourth-order valence-electron chi connectivity index (χ4n) is 6.93. The third-order valence-corrected chi connectivity index (χ3v) is 8.69. The van der Waals surface area contributed by atoms with Gasteiger partial charge >= 0.3 is 0 Å². The van der Waals surface area contributed by atoms with Crippen molar-refractivity contribution in [2.75, 3.05) is 0 Å². The van der Waals surface area contributed by atoms with Crippen LogP contribution in [0.4, 0.5) is 0 Å². The Labute approximate surface area is 196 Å². The van der Waals surface area contributed by atoms with E-state index >= 15 is 0 Å². The molecule has 1 unspecified atom stereocenters. The number of nitrogens with one attached hydrogen (secondary N) is 1. The van der Waals surface area contributed by atoms with E-state index in [2.05, 4.69) is 43.4 Å². The third-order valence-electron chi connectivity index (χ3n) is 8.19. The fraction of sp³-hybridized carbons (Fsp3) is 0.556. The molecule has 31 heavy (non-hydrogen) atoms. The van der Waals surface area contributed by atoms with Crippen molar-refractivity contribution in [1.29, 1.82) is 0 Å². The normalized spacial score (nSPS) is 29.9. The number of aryl methyl sites for hydroxylation is 1. The summed E-state index contributed by atoms with van der Waals surface area (Å²) in [7, 11) is 0. The standard InChI is InChI=1S/C27H33Cl2NO/c1-17-3-5-19(6-4-17)16-31-26-23(10-24(28)11-25(26)29)15-30-18(2)27-12-20-7-21(13-27)9-22(8-20)14-27/h3-6,10-11,18,20-22,30H,7-9,12-16H2,1-2H3. The topological polar surface area (TPSA) is 21.3 Å². The number of hydrogen-bond acceptors (Lipinski definition) is 2. The SMILES string of the molecule is Cc1ccc(COc2c(Cl)cc(Cl)cc2CNC(C)C23CC4CC(CC(C4)C2)C3)cc1. The molecule has 2 aromatic carbocycles. The zero-order valence-corrected chi connectivity index (χ0v) is 20.1. The molecule has 0 radical (unpaired) electrons. The van der Waals surface area contributed by atoms with Crippen LogP contribution in [0.3, 0.4) is 0 Å². The molecular formula is C27H33Cl2NO. The highest BCUT2D eigenvalue weighted by Gasteiger charge is 2.52. The molecule has 1 atom stereocenters. The first-order chi connectivity index (χ1) is 14.9. The summed E-state index contributed by atoms with van der Waals surface area (Å²) in [5.74, 6) is 3.63. The minimum atomic E-state index is 0.472. The van der Waals surface area contributed by atoms with Gasteiger partial charge in [-0.1, -0.05) is 53.0 Å². The molecule has 2 aromatic rings. The first kappa shape index (κ1) is 21.6. The Morgan fingerprint density at radius 2 is 1.61 bits per heavy atom. The smallest absolute Gasteiger partial charge is 0.142 e. The maximum Gasteiger partial charge on any atom is 0.142 e. The van der Waals surface area contributed by atoms with E-state index < -0.39 is 0 Å². The molecule has 2 nitrogen and oxygen atoms in total. The molecule has 0 aliphatic heterocycles. The lowest BCUT2D eigenvalue weighted by Gasteiger charge is -2.59. The average Bonchev–Trinajstić information content (AvgIpc) is 2.71. The molecule has 0 heterocycles. The van der Waals surface area contributed by atoms with E-state index in [1.54, 1.807) is 6.07 Å². The van der Waals surface area contributed by atoms with Crippen LogP contribution in [0, 0.1) is 30.1 Å². The maximum atomic E-state index is 6.56. The van der Waals surface area contributed by atoms with Crippen molar-refractivity contribution in [3.05, 3.63) is 63.1 Å². The predicted octanol–water partition coefficient (Wildman–Crippen LogP) is 7.58. The van der Waals surface area contributed by atoms with E-state index in [-0.39, 0.29) is 0 Å². The van der Waals surface area contributed by atoms with Crippen molar-refractivity contribution in [1.82, 2.24) is 5.32 Å². The summed E-state index contributed by atoms with van der Waals surface area (Å²) in [6, 6.07) is 12.7. The Balaban J connectivity index is 1.29. The van der Waals surface area contributed by atoms with Gasteiger partial charge < -0.3 is 10.1 Å². The molecule has 0 spiro atoms. The monoisotopic (exact) mass is 457 g/mol. The largest absolute Gasteiger partial charge is 0.487 e. The van der Waals surface area contributed by atoms with Gasteiger partial charge in [-0.2, -0.15) is 0 Å². The van der Waals surface area contributed by atoms with Crippen molar-refractivity contribution in [3.63, 3.8) is 0 Å². The summed E-state index contributed by atoms with van der Waals surface area (Å²) < 4.78 is 6.20. The molecule has 4 fully saturated rings. The number of benzene rings is 2. The lowest BCUT2D eigenvalue weighted by molar-refractivity contribution is -0.0706. The lowest BCUT2D eigenvalue weighted by Crippen LogP contribution is -2.54. The second-order valence-electron chi connectivity index (χ2n) is 10.5. The van der Waals surface area contributed by atoms with Gasteiger partial charge in [-0.15, -0.1) is 0 Å². The van der Waals surface area contributed by atoms with E-state index in [4.69, 9.17) is 27.9 Å². The summed E-state index contributed by atoms with van der Waals surface area (Å²) >= 11 is 12.9. The van der Waals surface area contributed by atoms with E-state index in [1.807, 2.05) is 6.07 Å². The number of rotatable bonds is 7. The Bertz CT molecular complexity index is 904. The molecule has 4 saturated carbocycles. The second kappa shape index (κ2) is 8.61. The van der Waals surface area contributed by atoms with Crippen molar-refractivity contribution >= 4 is 23.2 Å². The molecule has 0 amide bonds. The molecule has 6 rings (SSSR count). The van der Waals surface area contributed by atoms with Gasteiger partial charge in [-0.05, 0) is 93.2 Å². The summed E-state index contributed by atoms with van der Waals surface area (Å²) in [4.78, 5) is 0. The quantitative estimate of drug-likeness (QED) is 0.462. The lowest BCUT2D eigenvalue weighted by atomic mass is 9.48. The van der Waals surface area contributed by atoms with Crippen LogP contribution < -0.4 is 10.1 Å². The summed E-state index contributed by atoms with van der Waals surface area (Å²) in [6.45, 7) is 5.72. The summed E-state index contributed by atoms with van der Waals surface area (Å²) in [5.41, 5.74) is 3.90. The molecular weight excluding hydrogens is 425 g/mol. The minimum Gasteiger partial charge on any atom is -0.487 e. The predicted molar refractivity (Wildman–Crippen MR) is 129 cm³/mol. The van der Waals surface area contributed by atoms with Gasteiger partial charge in [0, 0.05) is 23.2 Å². The molecule has 4 aliphatic rings. The van der Waals surface area contributed by atoms with Gasteiger partial charge in [0.2, 0.25) is 0 Å².